The zero-order valence-electron chi connectivity index (χ0n) is 13.2. The van der Waals surface area contributed by atoms with Crippen LogP contribution in [0.4, 0.5) is 0 Å². The van der Waals surface area contributed by atoms with E-state index in [-0.39, 0.29) is 23.6 Å². The number of nitrogens with zero attached hydrogens (tertiary/aromatic N) is 2. The molecule has 0 spiro atoms. The lowest BCUT2D eigenvalue weighted by Gasteiger charge is -2.29. The molecule has 1 aliphatic rings. The number of piperidine rings is 1. The van der Waals surface area contributed by atoms with Crippen molar-refractivity contribution in [2.24, 2.45) is 5.92 Å². The maximum absolute atomic E-state index is 12.5. The highest BCUT2D eigenvalue weighted by atomic mass is 35.5. The Morgan fingerprint density at radius 3 is 2.71 bits per heavy atom. The first-order valence-electron chi connectivity index (χ1n) is 7.68. The summed E-state index contributed by atoms with van der Waals surface area (Å²) in [7, 11) is 1.38. The minimum atomic E-state index is -0.223. The van der Waals surface area contributed by atoms with Crippen molar-refractivity contribution >= 4 is 23.5 Å². The van der Waals surface area contributed by atoms with Crippen molar-refractivity contribution in [3.8, 4) is 11.3 Å². The molecule has 1 aromatic heterocycles. The van der Waals surface area contributed by atoms with Gasteiger partial charge in [0.2, 0.25) is 5.76 Å². The third-order valence-corrected chi connectivity index (χ3v) is 4.39. The number of benzene rings is 1. The predicted octanol–water partition coefficient (Wildman–Crippen LogP) is 3.02. The number of ether oxygens (including phenoxy) is 1. The van der Waals surface area contributed by atoms with Gasteiger partial charge in [0.25, 0.3) is 5.91 Å². The number of esters is 1. The van der Waals surface area contributed by atoms with Gasteiger partial charge in [-0.3, -0.25) is 9.59 Å². The second-order valence-corrected chi connectivity index (χ2v) is 6.11. The Labute approximate surface area is 144 Å². The van der Waals surface area contributed by atoms with Gasteiger partial charge in [-0.05, 0) is 25.0 Å². The maximum atomic E-state index is 12.5. The Bertz CT molecular complexity index is 751. The fourth-order valence-corrected chi connectivity index (χ4v) is 2.99. The van der Waals surface area contributed by atoms with Crippen LogP contribution in [0.5, 0.6) is 0 Å². The molecule has 1 aliphatic heterocycles. The zero-order valence-corrected chi connectivity index (χ0v) is 14.0. The molecule has 2 aromatic rings. The molecule has 0 atom stereocenters. The van der Waals surface area contributed by atoms with Gasteiger partial charge in [0.1, 0.15) is 5.69 Å². The molecular weight excluding hydrogens is 332 g/mol. The smallest absolute Gasteiger partial charge is 0.308 e. The van der Waals surface area contributed by atoms with Gasteiger partial charge < -0.3 is 14.2 Å². The summed E-state index contributed by atoms with van der Waals surface area (Å²) in [5, 5.41) is 4.54. The Kier molecular flexibility index (Phi) is 4.85. The summed E-state index contributed by atoms with van der Waals surface area (Å²) >= 11 is 5.97. The molecule has 0 radical (unpaired) electrons. The van der Waals surface area contributed by atoms with Crippen LogP contribution < -0.4 is 0 Å². The van der Waals surface area contributed by atoms with Gasteiger partial charge in [0, 0.05) is 29.7 Å². The van der Waals surface area contributed by atoms with E-state index >= 15 is 0 Å². The van der Waals surface area contributed by atoms with Crippen LogP contribution >= 0.6 is 11.6 Å². The summed E-state index contributed by atoms with van der Waals surface area (Å²) < 4.78 is 9.94. The summed E-state index contributed by atoms with van der Waals surface area (Å²) in [6, 6.07) is 8.80. The molecule has 24 heavy (non-hydrogen) atoms. The van der Waals surface area contributed by atoms with Crippen LogP contribution in [0.3, 0.4) is 0 Å². The minimum Gasteiger partial charge on any atom is -0.469 e. The maximum Gasteiger partial charge on any atom is 0.308 e. The molecule has 0 saturated carbocycles. The summed E-state index contributed by atoms with van der Waals surface area (Å²) in [4.78, 5) is 25.7. The fourth-order valence-electron chi connectivity index (χ4n) is 2.80. The molecule has 0 unspecified atom stereocenters. The topological polar surface area (TPSA) is 72.6 Å². The first-order chi connectivity index (χ1) is 11.6. The largest absolute Gasteiger partial charge is 0.469 e. The standard InChI is InChI=1S/C17H17ClN2O4/c1-23-17(22)11-5-7-20(8-6-11)16(21)15-10-14(19-24-15)12-3-2-4-13(18)9-12/h2-4,9-11H,5-8H2,1H3. The summed E-state index contributed by atoms with van der Waals surface area (Å²) in [6.07, 6.45) is 1.18. The third-order valence-electron chi connectivity index (χ3n) is 4.16. The Morgan fingerprint density at radius 1 is 1.29 bits per heavy atom. The highest BCUT2D eigenvalue weighted by Gasteiger charge is 2.29. The number of carbonyl (C=O) groups excluding carboxylic acids is 2. The Hall–Kier alpha value is -2.34. The van der Waals surface area contributed by atoms with E-state index in [1.165, 1.54) is 7.11 Å². The molecule has 0 aliphatic carbocycles. The van der Waals surface area contributed by atoms with Gasteiger partial charge in [0.15, 0.2) is 0 Å². The van der Waals surface area contributed by atoms with Gasteiger partial charge in [-0.1, -0.05) is 28.9 Å². The fraction of sp³-hybridized carbons (Fsp3) is 0.353. The molecular formula is C17H17ClN2O4. The molecule has 6 nitrogen and oxygen atoms in total. The predicted molar refractivity (Wildman–Crippen MR) is 87.6 cm³/mol. The molecule has 7 heteroatoms. The summed E-state index contributed by atoms with van der Waals surface area (Å²) in [6.45, 7) is 0.984. The van der Waals surface area contributed by atoms with Crippen LogP contribution in [0.1, 0.15) is 23.4 Å². The van der Waals surface area contributed by atoms with Crippen molar-refractivity contribution in [3.63, 3.8) is 0 Å². The molecule has 2 heterocycles. The lowest BCUT2D eigenvalue weighted by Crippen LogP contribution is -2.40. The average Bonchev–Trinajstić information content (AvgIpc) is 3.10. The minimum absolute atomic E-state index is 0.143. The molecule has 1 saturated heterocycles. The quantitative estimate of drug-likeness (QED) is 0.797. The van der Waals surface area contributed by atoms with Gasteiger partial charge in [-0.2, -0.15) is 0 Å². The molecule has 1 fully saturated rings. The number of carbonyl (C=O) groups is 2. The van der Waals surface area contributed by atoms with E-state index in [0.717, 1.165) is 5.56 Å². The number of likely N-dealkylation sites (tertiary alicyclic amines) is 1. The molecule has 1 amide bonds. The van der Waals surface area contributed by atoms with Crippen LogP contribution in [-0.4, -0.2) is 42.1 Å². The van der Waals surface area contributed by atoms with E-state index < -0.39 is 0 Å². The highest BCUT2D eigenvalue weighted by Crippen LogP contribution is 2.24. The van der Waals surface area contributed by atoms with Crippen LogP contribution in [0.25, 0.3) is 11.3 Å². The van der Waals surface area contributed by atoms with E-state index in [1.807, 2.05) is 12.1 Å². The lowest BCUT2D eigenvalue weighted by atomic mass is 9.97. The van der Waals surface area contributed by atoms with Crippen molar-refractivity contribution in [1.29, 1.82) is 0 Å². The summed E-state index contributed by atoms with van der Waals surface area (Å²) in [5.74, 6) is -0.401. The summed E-state index contributed by atoms with van der Waals surface area (Å²) in [5.41, 5.74) is 1.35. The first kappa shape index (κ1) is 16.5. The first-order valence-corrected chi connectivity index (χ1v) is 8.06. The van der Waals surface area contributed by atoms with Crippen molar-refractivity contribution in [2.45, 2.75) is 12.8 Å². The van der Waals surface area contributed by atoms with Gasteiger partial charge >= 0.3 is 5.97 Å². The van der Waals surface area contributed by atoms with Crippen LogP contribution in [0, 0.1) is 5.92 Å². The van der Waals surface area contributed by atoms with E-state index in [0.29, 0.717) is 36.6 Å². The van der Waals surface area contributed by atoms with E-state index in [2.05, 4.69) is 5.16 Å². The lowest BCUT2D eigenvalue weighted by molar-refractivity contribution is -0.146. The van der Waals surface area contributed by atoms with E-state index in [9.17, 15) is 9.59 Å². The number of aromatic nitrogens is 1. The monoisotopic (exact) mass is 348 g/mol. The second kappa shape index (κ2) is 7.05. The van der Waals surface area contributed by atoms with Crippen molar-refractivity contribution in [3.05, 3.63) is 41.1 Å². The van der Waals surface area contributed by atoms with E-state index in [4.69, 9.17) is 20.9 Å². The number of hydrogen-bond acceptors (Lipinski definition) is 5. The van der Waals surface area contributed by atoms with Gasteiger partial charge in [-0.15, -0.1) is 0 Å². The number of halogens is 1. The van der Waals surface area contributed by atoms with Crippen molar-refractivity contribution in [2.75, 3.05) is 20.2 Å². The second-order valence-electron chi connectivity index (χ2n) is 5.68. The van der Waals surface area contributed by atoms with Crippen LogP contribution in [0.2, 0.25) is 5.02 Å². The van der Waals surface area contributed by atoms with Crippen molar-refractivity contribution < 1.29 is 18.8 Å². The highest BCUT2D eigenvalue weighted by molar-refractivity contribution is 6.30. The average molecular weight is 349 g/mol. The SMILES string of the molecule is COC(=O)C1CCN(C(=O)c2cc(-c3cccc(Cl)c3)no2)CC1. The Balaban J connectivity index is 1.68. The molecule has 1 aromatic carbocycles. The number of methoxy groups -OCH3 is 1. The molecule has 3 rings (SSSR count). The molecule has 0 bridgehead atoms. The third kappa shape index (κ3) is 3.43. The normalized spacial score (nSPS) is 15.3. The molecule has 126 valence electrons. The van der Waals surface area contributed by atoms with Crippen molar-refractivity contribution in [1.82, 2.24) is 10.1 Å². The number of rotatable bonds is 3. The molecule has 0 N–H and O–H groups in total. The van der Waals surface area contributed by atoms with Gasteiger partial charge in [0.05, 0.1) is 13.0 Å². The van der Waals surface area contributed by atoms with Gasteiger partial charge in [-0.25, -0.2) is 0 Å². The number of amides is 1. The van der Waals surface area contributed by atoms with Crippen LogP contribution in [-0.2, 0) is 9.53 Å². The number of hydrogen-bond donors (Lipinski definition) is 0. The zero-order chi connectivity index (χ0) is 17.1. The Morgan fingerprint density at radius 2 is 2.04 bits per heavy atom. The van der Waals surface area contributed by atoms with E-state index in [1.54, 1.807) is 23.1 Å². The van der Waals surface area contributed by atoms with Crippen LogP contribution in [0.15, 0.2) is 34.9 Å².